The summed E-state index contributed by atoms with van der Waals surface area (Å²) in [6, 6.07) is 14.7. The summed E-state index contributed by atoms with van der Waals surface area (Å²) >= 11 is 0. The van der Waals surface area contributed by atoms with Crippen molar-refractivity contribution in [3.05, 3.63) is 77.8 Å². The van der Waals surface area contributed by atoms with Gasteiger partial charge in [0.05, 0.1) is 34.0 Å². The second kappa shape index (κ2) is 13.3. The molecule has 5 atom stereocenters. The van der Waals surface area contributed by atoms with Gasteiger partial charge in [0.2, 0.25) is 21.8 Å². The molecule has 2 aromatic carbocycles. The maximum Gasteiger partial charge on any atom is 0.240 e. The number of ether oxygens (including phenoxy) is 1. The van der Waals surface area contributed by atoms with Crippen molar-refractivity contribution in [3.8, 4) is 5.75 Å². The number of sulfonamides is 1. The van der Waals surface area contributed by atoms with Crippen LogP contribution in [-0.4, -0.2) is 63.8 Å². The van der Waals surface area contributed by atoms with Crippen molar-refractivity contribution in [1.29, 1.82) is 0 Å². The maximum absolute atomic E-state index is 15.0. The summed E-state index contributed by atoms with van der Waals surface area (Å²) in [4.78, 5) is 55.2. The summed E-state index contributed by atoms with van der Waals surface area (Å²) in [6.45, 7) is 3.80. The van der Waals surface area contributed by atoms with Crippen LogP contribution in [0.3, 0.4) is 0 Å². The molecule has 3 aliphatic heterocycles. The Morgan fingerprint density at radius 2 is 1.76 bits per heavy atom. The molecule has 5 aliphatic rings. The van der Waals surface area contributed by atoms with Gasteiger partial charge in [-0.25, -0.2) is 18.4 Å². The number of hydrogen-bond donors (Lipinski definition) is 1. The fourth-order valence-corrected chi connectivity index (χ4v) is 10.7. The summed E-state index contributed by atoms with van der Waals surface area (Å²) in [7, 11) is -3.91. The van der Waals surface area contributed by atoms with Crippen LogP contribution in [0, 0.1) is 24.2 Å². The fourth-order valence-electron chi connectivity index (χ4n) is 9.33. The molecular weight excluding hydrogens is 717 g/mol. The lowest BCUT2D eigenvalue weighted by atomic mass is 9.85. The number of allylic oxidation sites excluding steroid dienone is 2. The number of Topliss-reactive ketones (excluding diaryl/α,β-unsaturated/α-hetero) is 1. The molecule has 288 valence electrons. The van der Waals surface area contributed by atoms with E-state index in [0.717, 1.165) is 53.4 Å². The molecule has 1 unspecified atom stereocenters. The van der Waals surface area contributed by atoms with Crippen LogP contribution in [0.15, 0.2) is 65.1 Å². The molecule has 1 spiro atoms. The quantitative estimate of drug-likeness (QED) is 0.220. The number of nitrogens with zero attached hydrogens (tertiary/aromatic N) is 3. The van der Waals surface area contributed by atoms with E-state index in [0.29, 0.717) is 62.2 Å². The topological polar surface area (TPSA) is 149 Å². The average molecular weight is 765 g/mol. The lowest BCUT2D eigenvalue weighted by Gasteiger charge is -2.36. The summed E-state index contributed by atoms with van der Waals surface area (Å²) < 4.78 is 41.0. The smallest absolute Gasteiger partial charge is 0.240 e. The summed E-state index contributed by atoms with van der Waals surface area (Å²) in [5, 5.41) is 1.03. The highest BCUT2D eigenvalue weighted by molar-refractivity contribution is 7.91. The van der Waals surface area contributed by atoms with E-state index in [4.69, 9.17) is 19.1 Å². The number of aromatic nitrogens is 2. The first kappa shape index (κ1) is 36.1. The molecule has 2 saturated carbocycles. The number of nitrogens with one attached hydrogen (secondary N) is 1. The summed E-state index contributed by atoms with van der Waals surface area (Å²) in [5.41, 5.74) is 2.10. The molecule has 2 aromatic heterocycles. The lowest BCUT2D eigenvalue weighted by molar-refractivity contribution is -0.142. The van der Waals surface area contributed by atoms with Crippen LogP contribution < -0.4 is 9.46 Å². The van der Waals surface area contributed by atoms with Crippen LogP contribution in [0.1, 0.15) is 94.7 Å². The Labute approximate surface area is 321 Å². The summed E-state index contributed by atoms with van der Waals surface area (Å²) in [6.07, 6.45) is 11.1. The van der Waals surface area contributed by atoms with Gasteiger partial charge in [-0.3, -0.25) is 19.1 Å². The minimum absolute atomic E-state index is 0.150. The Hall–Kier alpha value is -4.58. The number of benzene rings is 2. The Bertz CT molecular complexity index is 2330. The molecule has 2 amide bonds. The van der Waals surface area contributed by atoms with Crippen LogP contribution >= 0.6 is 0 Å². The highest BCUT2D eigenvalue weighted by Crippen LogP contribution is 2.58. The zero-order valence-electron chi connectivity index (χ0n) is 31.5. The predicted molar refractivity (Wildman–Crippen MR) is 207 cm³/mol. The van der Waals surface area contributed by atoms with Crippen molar-refractivity contribution < 1.29 is 32.0 Å². The molecule has 11 nitrogen and oxygen atoms in total. The predicted octanol–water partition coefficient (Wildman–Crippen LogP) is 6.69. The second-order valence-electron chi connectivity index (χ2n) is 17.0. The van der Waals surface area contributed by atoms with Crippen LogP contribution in [0.25, 0.3) is 22.0 Å². The second-order valence-corrected chi connectivity index (χ2v) is 19.2. The normalized spacial score (nSPS) is 29.8. The number of para-hydroxylation sites is 3. The van der Waals surface area contributed by atoms with Gasteiger partial charge in [0.25, 0.3) is 0 Å². The Balaban J connectivity index is 1.07. The van der Waals surface area contributed by atoms with Crippen molar-refractivity contribution in [1.82, 2.24) is 19.6 Å². The third-order valence-corrected chi connectivity index (χ3v) is 15.3. The first-order valence-electron chi connectivity index (χ1n) is 19.9. The van der Waals surface area contributed by atoms with Gasteiger partial charge < -0.3 is 14.1 Å². The number of rotatable bonds is 5. The number of oxazole rings is 1. The average Bonchev–Trinajstić information content (AvgIpc) is 3.99. The van der Waals surface area contributed by atoms with Crippen molar-refractivity contribution in [2.45, 2.75) is 114 Å². The lowest BCUT2D eigenvalue weighted by Crippen LogP contribution is -2.48. The minimum Gasteiger partial charge on any atom is -0.483 e. The van der Waals surface area contributed by atoms with Gasteiger partial charge in [0.1, 0.15) is 16.9 Å². The number of ketones is 1. The molecule has 4 aromatic rings. The Morgan fingerprint density at radius 1 is 0.982 bits per heavy atom. The fraction of sp³-hybridized carbons (Fsp3) is 0.512. The number of fused-ring (bicyclic) bond motifs is 6. The van der Waals surface area contributed by atoms with Crippen molar-refractivity contribution >= 4 is 49.6 Å². The van der Waals surface area contributed by atoms with Crippen LogP contribution in [0.2, 0.25) is 0 Å². The third kappa shape index (κ3) is 6.43. The zero-order valence-corrected chi connectivity index (χ0v) is 32.3. The molecule has 55 heavy (non-hydrogen) atoms. The van der Waals surface area contributed by atoms with Crippen LogP contribution in [0.5, 0.6) is 5.75 Å². The molecule has 12 heteroatoms. The van der Waals surface area contributed by atoms with Gasteiger partial charge in [-0.05, 0) is 89.3 Å². The van der Waals surface area contributed by atoms with Gasteiger partial charge in [-0.15, -0.1) is 0 Å². The molecule has 1 saturated heterocycles. The molecule has 3 fully saturated rings. The van der Waals surface area contributed by atoms with Crippen molar-refractivity contribution in [2.75, 3.05) is 6.54 Å². The van der Waals surface area contributed by atoms with E-state index in [1.165, 1.54) is 0 Å². The van der Waals surface area contributed by atoms with Crippen molar-refractivity contribution in [3.63, 3.8) is 0 Å². The van der Waals surface area contributed by atoms with Gasteiger partial charge in [-0.2, -0.15) is 0 Å². The van der Waals surface area contributed by atoms with E-state index in [1.54, 1.807) is 11.8 Å². The van der Waals surface area contributed by atoms with Gasteiger partial charge in [-0.1, -0.05) is 55.3 Å². The molecule has 2 aliphatic carbocycles. The summed E-state index contributed by atoms with van der Waals surface area (Å²) in [5.74, 6) is -0.585. The monoisotopic (exact) mass is 764 g/mol. The van der Waals surface area contributed by atoms with Crippen molar-refractivity contribution in [2.24, 2.45) is 17.3 Å². The molecule has 0 radical (unpaired) electrons. The number of amides is 2. The van der Waals surface area contributed by atoms with E-state index in [2.05, 4.69) is 16.9 Å². The first-order chi connectivity index (χ1) is 26.4. The van der Waals surface area contributed by atoms with E-state index >= 15 is 4.79 Å². The molecule has 5 heterocycles. The van der Waals surface area contributed by atoms with E-state index in [9.17, 15) is 18.0 Å². The third-order valence-electron chi connectivity index (χ3n) is 13.1. The molecular formula is C43H48N4O7S. The molecule has 9 rings (SSSR count). The largest absolute Gasteiger partial charge is 0.483 e. The van der Waals surface area contributed by atoms with E-state index < -0.39 is 43.7 Å². The van der Waals surface area contributed by atoms with E-state index in [1.807, 2.05) is 55.5 Å². The number of pyridine rings is 1. The van der Waals surface area contributed by atoms with Gasteiger partial charge in [0, 0.05) is 36.1 Å². The SMILES string of the molecule is Cc1nc2ccccc2c2c1O[C@]1(CC2)CC2C(=O)C[C@]3(C(=O)NS(=O)(=O)C4(C)CC4)C[C@H]3/C=C\CCCCC[C@H](Cc3nc4ccccc4o3)C(=O)N2C1. The van der Waals surface area contributed by atoms with Gasteiger partial charge in [0.15, 0.2) is 17.3 Å². The highest BCUT2D eigenvalue weighted by Gasteiger charge is 2.63. The van der Waals surface area contributed by atoms with Crippen LogP contribution in [-0.2, 0) is 37.2 Å². The Kier molecular flexibility index (Phi) is 8.71. The van der Waals surface area contributed by atoms with Gasteiger partial charge >= 0.3 is 0 Å². The zero-order chi connectivity index (χ0) is 38.2. The molecule has 0 bridgehead atoms. The highest BCUT2D eigenvalue weighted by atomic mass is 32.2. The molecule has 1 N–H and O–H groups in total. The standard InChI is InChI=1S/C43H48N4O7S/c1-27-38-31(30-14-8-9-15-32(30)44-27)18-19-42(54-38)24-34-35(48)25-43(40(50)46-55(51,52)41(2)20-21-41)23-29(43)13-7-5-3-4-6-12-28(39(49)47(34)26-42)22-37-45-33-16-10-11-17-36(33)53-37/h7-11,13-17,28-29,34H,3-6,12,18-26H2,1-2H3,(H,46,50)/b13-7-/t28-,29-,34?,42-,43-/m1/s1. The van der Waals surface area contributed by atoms with E-state index in [-0.39, 0.29) is 37.0 Å². The Morgan fingerprint density at radius 3 is 2.56 bits per heavy atom. The minimum atomic E-state index is -3.91. The number of hydrogen-bond acceptors (Lipinski definition) is 9. The number of aryl methyl sites for hydroxylation is 2. The van der Waals surface area contributed by atoms with Crippen LogP contribution in [0.4, 0.5) is 0 Å². The number of carbonyl (C=O) groups is 3. The maximum atomic E-state index is 15.0. The number of carbonyl (C=O) groups excluding carboxylic acids is 3. The first-order valence-corrected chi connectivity index (χ1v) is 21.4.